The van der Waals surface area contributed by atoms with Crippen LogP contribution in [0.25, 0.3) is 0 Å². The lowest BCUT2D eigenvalue weighted by molar-refractivity contribution is -0.352. The number of carbonyl (C=O) groups excluding carboxylic acids is 2. The van der Waals surface area contributed by atoms with Crippen molar-refractivity contribution < 1.29 is 67.5 Å². The van der Waals surface area contributed by atoms with Gasteiger partial charge in [-0.25, -0.2) is 9.59 Å². The second-order valence-electron chi connectivity index (χ2n) is 5.89. The zero-order valence-corrected chi connectivity index (χ0v) is 16.7. The maximum atomic E-state index is 13.7. The third-order valence-electron chi connectivity index (χ3n) is 3.63. The van der Waals surface area contributed by atoms with E-state index in [2.05, 4.69) is 14.2 Å². The van der Waals surface area contributed by atoms with Gasteiger partial charge in [0.25, 0.3) is 0 Å². The molecule has 1 aromatic rings. The van der Waals surface area contributed by atoms with Gasteiger partial charge in [0.05, 0.1) is 18.8 Å². The van der Waals surface area contributed by atoms with Gasteiger partial charge in [-0.15, -0.1) is 0 Å². The number of rotatable bonds is 10. The molecule has 0 saturated carbocycles. The molecule has 0 amide bonds. The highest BCUT2D eigenvalue weighted by molar-refractivity contribution is 7.87. The molecule has 0 aliphatic rings. The van der Waals surface area contributed by atoms with Crippen molar-refractivity contribution in [1.29, 1.82) is 0 Å². The van der Waals surface area contributed by atoms with Crippen LogP contribution >= 0.6 is 0 Å². The van der Waals surface area contributed by atoms with E-state index in [9.17, 15) is 48.7 Å². The van der Waals surface area contributed by atoms with Crippen molar-refractivity contribution in [3.8, 4) is 0 Å². The van der Waals surface area contributed by atoms with Gasteiger partial charge in [0.1, 0.15) is 0 Å². The first-order valence-electron chi connectivity index (χ1n) is 8.32. The highest BCUT2D eigenvalue weighted by Crippen LogP contribution is 2.42. The third-order valence-corrected chi connectivity index (χ3v) is 4.58. The second kappa shape index (κ2) is 9.58. The van der Waals surface area contributed by atoms with Crippen LogP contribution in [0.5, 0.6) is 0 Å². The fraction of sp³-hybridized carbons (Fsp3) is 0.500. The monoisotopic (exact) mass is 500 g/mol. The summed E-state index contributed by atoms with van der Waals surface area (Å²) in [7, 11) is -6.67. The molecular formula is C16H15F7O8S. The molecule has 0 aromatic heterocycles. The zero-order chi connectivity index (χ0) is 25.0. The van der Waals surface area contributed by atoms with E-state index in [0.29, 0.717) is 0 Å². The minimum Gasteiger partial charge on any atom is -0.461 e. The van der Waals surface area contributed by atoms with Crippen LogP contribution in [-0.2, 0) is 29.1 Å². The predicted octanol–water partition coefficient (Wildman–Crippen LogP) is 3.19. The summed E-state index contributed by atoms with van der Waals surface area (Å²) in [4.78, 5) is 24.1. The molecule has 0 radical (unpaired) electrons. The largest absolute Gasteiger partial charge is 0.468 e. The van der Waals surface area contributed by atoms with Crippen molar-refractivity contribution in [3.05, 3.63) is 35.9 Å². The molecule has 1 N–H and O–H groups in total. The van der Waals surface area contributed by atoms with Crippen LogP contribution in [0.3, 0.4) is 0 Å². The number of hydrogen-bond acceptors (Lipinski definition) is 7. The standard InChI is InChI=1S/C16H15F7O8S/c1-2-29-12(25)14(15(19,20)21,31-11(24)10-6-4-3-5-7-10)30-9-8-13(17,18)16(22,23)32(26,27)28/h3-7H,2,8-9H2,1H3,(H,26,27,28). The third kappa shape index (κ3) is 5.66. The molecule has 1 aromatic carbocycles. The number of hydrogen-bond donors (Lipinski definition) is 1. The molecule has 0 saturated heterocycles. The van der Waals surface area contributed by atoms with Crippen molar-refractivity contribution in [2.45, 2.75) is 36.5 Å². The SMILES string of the molecule is CCOC(=O)C(OCCC(F)(F)C(F)(F)S(=O)(=O)O)(OC(=O)c1ccccc1)C(F)(F)F. The predicted molar refractivity (Wildman–Crippen MR) is 89.3 cm³/mol. The Labute approximate surface area is 176 Å². The smallest absolute Gasteiger partial charge is 0.461 e. The lowest BCUT2D eigenvalue weighted by Crippen LogP contribution is -2.59. The lowest BCUT2D eigenvalue weighted by atomic mass is 10.2. The van der Waals surface area contributed by atoms with E-state index >= 15 is 0 Å². The first-order chi connectivity index (χ1) is 14.4. The van der Waals surface area contributed by atoms with Crippen LogP contribution in [0, 0.1) is 0 Å². The van der Waals surface area contributed by atoms with Crippen molar-refractivity contribution in [2.24, 2.45) is 0 Å². The Bertz CT molecular complexity index is 918. The average Bonchev–Trinajstić information content (AvgIpc) is 2.65. The van der Waals surface area contributed by atoms with Gasteiger partial charge in [-0.05, 0) is 19.1 Å². The Hall–Kier alpha value is -2.46. The maximum absolute atomic E-state index is 13.7. The van der Waals surface area contributed by atoms with Gasteiger partial charge in [-0.3, -0.25) is 4.55 Å². The maximum Gasteiger partial charge on any atom is 0.468 e. The summed E-state index contributed by atoms with van der Waals surface area (Å²) < 4.78 is 136. The summed E-state index contributed by atoms with van der Waals surface area (Å²) in [6.07, 6.45) is -8.40. The van der Waals surface area contributed by atoms with E-state index in [0.717, 1.165) is 19.1 Å². The van der Waals surface area contributed by atoms with Gasteiger partial charge in [0, 0.05) is 6.42 Å². The molecule has 1 unspecified atom stereocenters. The quantitative estimate of drug-likeness (QED) is 0.225. The van der Waals surface area contributed by atoms with E-state index in [1.165, 1.54) is 18.2 Å². The van der Waals surface area contributed by atoms with Gasteiger partial charge in [0.15, 0.2) is 0 Å². The first kappa shape index (κ1) is 27.6. The van der Waals surface area contributed by atoms with Crippen molar-refractivity contribution in [1.82, 2.24) is 0 Å². The second-order valence-corrected chi connectivity index (χ2v) is 7.35. The number of esters is 2. The van der Waals surface area contributed by atoms with Crippen molar-refractivity contribution in [3.63, 3.8) is 0 Å². The minimum atomic E-state index is -6.67. The molecular weight excluding hydrogens is 485 g/mol. The molecule has 0 heterocycles. The molecule has 16 heteroatoms. The average molecular weight is 500 g/mol. The van der Waals surface area contributed by atoms with E-state index < -0.39 is 70.4 Å². The Morgan fingerprint density at radius 3 is 1.97 bits per heavy atom. The van der Waals surface area contributed by atoms with E-state index in [-0.39, 0.29) is 0 Å². The summed E-state index contributed by atoms with van der Waals surface area (Å²) in [6, 6.07) is 5.71. The highest BCUT2D eigenvalue weighted by Gasteiger charge is 2.69. The fourth-order valence-electron chi connectivity index (χ4n) is 2.03. The summed E-state index contributed by atoms with van der Waals surface area (Å²) in [5.41, 5.74) is -0.530. The van der Waals surface area contributed by atoms with Crippen LogP contribution in [-0.4, -0.2) is 61.3 Å². The summed E-state index contributed by atoms with van der Waals surface area (Å²) in [5.74, 6) is -14.5. The summed E-state index contributed by atoms with van der Waals surface area (Å²) in [6.45, 7) is -1.77. The topological polar surface area (TPSA) is 116 Å². The molecule has 0 aliphatic carbocycles. The number of carbonyl (C=O) groups is 2. The van der Waals surface area contributed by atoms with E-state index in [1.807, 2.05) is 0 Å². The molecule has 1 atom stereocenters. The molecule has 0 fully saturated rings. The number of ether oxygens (including phenoxy) is 3. The van der Waals surface area contributed by atoms with Gasteiger partial charge in [-0.1, -0.05) is 18.2 Å². The molecule has 32 heavy (non-hydrogen) atoms. The van der Waals surface area contributed by atoms with Crippen LogP contribution in [0.2, 0.25) is 0 Å². The lowest BCUT2D eigenvalue weighted by Gasteiger charge is -2.33. The van der Waals surface area contributed by atoms with Gasteiger partial charge in [0.2, 0.25) is 0 Å². The number of benzene rings is 1. The van der Waals surface area contributed by atoms with Crippen molar-refractivity contribution in [2.75, 3.05) is 13.2 Å². The molecule has 0 aliphatic heterocycles. The van der Waals surface area contributed by atoms with Gasteiger partial charge < -0.3 is 14.2 Å². The van der Waals surface area contributed by atoms with Crippen LogP contribution in [0.1, 0.15) is 23.7 Å². The first-order valence-corrected chi connectivity index (χ1v) is 9.76. The van der Waals surface area contributed by atoms with Crippen LogP contribution in [0.4, 0.5) is 30.7 Å². The Morgan fingerprint density at radius 2 is 1.53 bits per heavy atom. The number of alkyl halides is 7. The minimum absolute atomic E-state index is 0.530. The van der Waals surface area contributed by atoms with Crippen LogP contribution < -0.4 is 0 Å². The Balaban J connectivity index is 3.29. The molecule has 8 nitrogen and oxygen atoms in total. The Kier molecular flexibility index (Phi) is 8.25. The van der Waals surface area contributed by atoms with Gasteiger partial charge in [-0.2, -0.15) is 39.2 Å². The normalized spacial score (nSPS) is 15.0. The van der Waals surface area contributed by atoms with Gasteiger partial charge >= 0.3 is 45.2 Å². The fourth-order valence-corrected chi connectivity index (χ4v) is 2.51. The molecule has 1 rings (SSSR count). The molecule has 0 bridgehead atoms. The zero-order valence-electron chi connectivity index (χ0n) is 15.9. The van der Waals surface area contributed by atoms with E-state index in [1.54, 1.807) is 0 Å². The molecule has 182 valence electrons. The molecule has 0 spiro atoms. The van der Waals surface area contributed by atoms with Crippen LogP contribution in [0.15, 0.2) is 30.3 Å². The summed E-state index contributed by atoms with van der Waals surface area (Å²) >= 11 is 0. The van der Waals surface area contributed by atoms with Crippen molar-refractivity contribution >= 4 is 22.1 Å². The highest BCUT2D eigenvalue weighted by atomic mass is 32.2. The summed E-state index contributed by atoms with van der Waals surface area (Å²) in [5, 5.41) is -6.10. The number of halogens is 7. The Morgan fingerprint density at radius 1 is 1.00 bits per heavy atom. The van der Waals surface area contributed by atoms with E-state index in [4.69, 9.17) is 4.55 Å².